The van der Waals surface area contributed by atoms with Gasteiger partial charge in [0.1, 0.15) is 0 Å². The Hall–Kier alpha value is 0.978. The van der Waals surface area contributed by atoms with Gasteiger partial charge >= 0.3 is 42.4 Å². The van der Waals surface area contributed by atoms with E-state index in [0.717, 1.165) is 0 Å². The summed E-state index contributed by atoms with van der Waals surface area (Å²) >= 11 is -0.640. The molecule has 0 radical (unpaired) electrons. The first-order chi connectivity index (χ1) is 5.31. The molecule has 1 rings (SSSR count). The van der Waals surface area contributed by atoms with Gasteiger partial charge in [-0.1, -0.05) is 35.9 Å². The summed E-state index contributed by atoms with van der Waals surface area (Å²) in [4.78, 5) is 0. The van der Waals surface area contributed by atoms with Crippen LogP contribution < -0.4 is 0 Å². The van der Waals surface area contributed by atoms with Crippen LogP contribution in [-0.4, -0.2) is 17.4 Å². The quantitative estimate of drug-likeness (QED) is 0.650. The second-order valence-corrected chi connectivity index (χ2v) is 11.0. The van der Waals surface area contributed by atoms with Crippen molar-refractivity contribution < 1.29 is 23.3 Å². The molecule has 0 aliphatic heterocycles. The third-order valence-corrected chi connectivity index (χ3v) is 5.92. The standard InChI is InChI=1S/C7H8.C2H5.Al.ClH.Hg.3H/c1-7-5-3-2-4-6-7;1-2;;;;;;/h2-6H,1H3;1H2,2H3;;1H;;;;/q;;;;+1;;;/p-1. The van der Waals surface area contributed by atoms with E-state index in [4.69, 9.17) is 8.25 Å². The first-order valence-corrected chi connectivity index (χ1v) is 14.5. The molecule has 0 spiro atoms. The number of aryl methyl sites for hydroxylation is 1. The van der Waals surface area contributed by atoms with Gasteiger partial charge in [0.2, 0.25) is 0 Å². The number of benzene rings is 1. The molecule has 0 atom stereocenters. The summed E-state index contributed by atoms with van der Waals surface area (Å²) in [7, 11) is 5.41. The smallest absolute Gasteiger partial charge is 0.0622 e. The maximum Gasteiger partial charge on any atom is 0.187 e. The Balaban J connectivity index is 0. The van der Waals surface area contributed by atoms with Gasteiger partial charge < -0.3 is 0 Å². The van der Waals surface area contributed by atoms with Crippen LogP contribution in [0.25, 0.3) is 0 Å². The van der Waals surface area contributed by atoms with Gasteiger partial charge in [0.05, 0.1) is 0 Å². The Morgan fingerprint density at radius 2 is 1.67 bits per heavy atom. The zero-order chi connectivity index (χ0) is 8.53. The molecule has 0 saturated carbocycles. The normalized spacial score (nSPS) is 6.92. The van der Waals surface area contributed by atoms with Crippen molar-refractivity contribution >= 4 is 25.6 Å². The minimum atomic E-state index is -0.640. The van der Waals surface area contributed by atoms with Crippen molar-refractivity contribution in [1.29, 1.82) is 0 Å². The summed E-state index contributed by atoms with van der Waals surface area (Å²) < 4.78 is 1.31. The van der Waals surface area contributed by atoms with Crippen LogP contribution in [0.3, 0.4) is 0 Å². The summed E-state index contributed by atoms with van der Waals surface area (Å²) in [6, 6.07) is 10.3. The Morgan fingerprint density at radius 3 is 1.83 bits per heavy atom. The third-order valence-electron chi connectivity index (χ3n) is 1.13. The molecular weight excluding hydrogens is 371 g/mol. The molecule has 0 aromatic heterocycles. The van der Waals surface area contributed by atoms with Crippen LogP contribution >= 0.6 is 8.25 Å². The number of hydrogen-bond acceptors (Lipinski definition) is 0. The molecule has 3 heteroatoms. The number of hydrogen-bond donors (Lipinski definition) is 0. The van der Waals surface area contributed by atoms with Crippen LogP contribution in [0.4, 0.5) is 0 Å². The summed E-state index contributed by atoms with van der Waals surface area (Å²) in [6.45, 7) is 4.23. The summed E-state index contributed by atoms with van der Waals surface area (Å²) in [6.07, 6.45) is 0. The van der Waals surface area contributed by atoms with Crippen molar-refractivity contribution in [2.75, 3.05) is 0 Å². The zero-order valence-electron chi connectivity index (χ0n) is 7.18. The summed E-state index contributed by atoms with van der Waals surface area (Å²) in [5.41, 5.74) is 1.32. The first kappa shape index (κ1) is 15.4. The molecule has 0 heterocycles. The molecule has 0 aliphatic rings. The van der Waals surface area contributed by atoms with Crippen molar-refractivity contribution in [3.63, 3.8) is 0 Å². The van der Waals surface area contributed by atoms with Crippen LogP contribution in [-0.2, 0) is 23.3 Å². The fourth-order valence-electron chi connectivity index (χ4n) is 0.534. The van der Waals surface area contributed by atoms with Crippen LogP contribution in [0.1, 0.15) is 12.5 Å². The molecule has 0 amide bonds. The molecule has 64 valence electrons. The Morgan fingerprint density at radius 1 is 1.25 bits per heavy atom. The molecule has 1 aromatic carbocycles. The van der Waals surface area contributed by atoms with E-state index in [9.17, 15) is 0 Å². The average molecular weight is 387 g/mol. The Kier molecular flexibility index (Phi) is 15.4. The fraction of sp³-hybridized carbons (Fsp3) is 0.333. The molecule has 0 unspecified atom stereocenters. The van der Waals surface area contributed by atoms with E-state index in [0.29, 0.717) is 0 Å². The van der Waals surface area contributed by atoms with E-state index in [-0.39, 0.29) is 17.4 Å². The van der Waals surface area contributed by atoms with Crippen molar-refractivity contribution in [3.8, 4) is 0 Å². The first-order valence-electron chi connectivity index (χ1n) is 3.89. The molecule has 12 heavy (non-hydrogen) atoms. The molecule has 0 nitrogen and oxygen atoms in total. The van der Waals surface area contributed by atoms with Gasteiger partial charge in [-0.2, -0.15) is 0 Å². The van der Waals surface area contributed by atoms with Gasteiger partial charge in [0.15, 0.2) is 17.4 Å². The zero-order valence-corrected chi connectivity index (χ0v) is 13.4. The van der Waals surface area contributed by atoms with Crippen molar-refractivity contribution in [3.05, 3.63) is 35.9 Å². The monoisotopic (exact) mass is 388 g/mol. The van der Waals surface area contributed by atoms with Crippen LogP contribution in [0.15, 0.2) is 30.3 Å². The SMILES string of the molecule is C[CH2][Hg][Cl].Cc1ccccc1.[AlH3]. The Labute approximate surface area is 102 Å². The number of halogens is 1. The minimum Gasteiger partial charge on any atom is -0.0622 e. The van der Waals surface area contributed by atoms with Gasteiger partial charge in [0, 0.05) is 0 Å². The molecule has 1 aromatic rings. The van der Waals surface area contributed by atoms with E-state index in [1.165, 1.54) is 9.49 Å². The molecule has 0 bridgehead atoms. The van der Waals surface area contributed by atoms with Crippen molar-refractivity contribution in [2.24, 2.45) is 0 Å². The summed E-state index contributed by atoms with van der Waals surface area (Å²) in [5.74, 6) is 0. The largest absolute Gasteiger partial charge is 0.187 e. The van der Waals surface area contributed by atoms with Crippen molar-refractivity contribution in [2.45, 2.75) is 17.8 Å². The van der Waals surface area contributed by atoms with E-state index in [1.807, 2.05) is 18.2 Å². The maximum absolute atomic E-state index is 5.41. The van der Waals surface area contributed by atoms with Gasteiger partial charge in [-0.05, 0) is 6.92 Å². The second-order valence-electron chi connectivity index (χ2n) is 2.34. The van der Waals surface area contributed by atoms with E-state index >= 15 is 0 Å². The average Bonchev–Trinajstić information content (AvgIpc) is 2.07. The van der Waals surface area contributed by atoms with Gasteiger partial charge in [0.25, 0.3) is 0 Å². The fourth-order valence-corrected chi connectivity index (χ4v) is 0.534. The van der Waals surface area contributed by atoms with Crippen molar-refractivity contribution in [1.82, 2.24) is 0 Å². The molecule has 0 aliphatic carbocycles. The van der Waals surface area contributed by atoms with Gasteiger partial charge in [-0.25, -0.2) is 0 Å². The maximum atomic E-state index is 5.41. The van der Waals surface area contributed by atoms with Gasteiger partial charge in [-0.3, -0.25) is 0 Å². The van der Waals surface area contributed by atoms with Crippen LogP contribution in [0.5, 0.6) is 0 Å². The van der Waals surface area contributed by atoms with Crippen LogP contribution in [0.2, 0.25) is 3.93 Å². The predicted molar refractivity (Wildman–Crippen MR) is 57.5 cm³/mol. The van der Waals surface area contributed by atoms with E-state index in [1.54, 1.807) is 0 Å². The molecule has 0 saturated heterocycles. The molecular formula is C9H16AlClHg. The number of rotatable bonds is 1. The Bertz CT molecular complexity index is 165. The third kappa shape index (κ3) is 11.0. The minimum absolute atomic E-state index is 0. The topological polar surface area (TPSA) is 0 Å². The second kappa shape index (κ2) is 12.0. The molecule has 0 N–H and O–H groups in total. The molecule has 0 fully saturated rings. The van der Waals surface area contributed by atoms with Gasteiger partial charge in [-0.15, -0.1) is 0 Å². The van der Waals surface area contributed by atoms with E-state index < -0.39 is 23.3 Å². The summed E-state index contributed by atoms with van der Waals surface area (Å²) in [5, 5.41) is 0. The van der Waals surface area contributed by atoms with Crippen LogP contribution in [0, 0.1) is 6.92 Å². The van der Waals surface area contributed by atoms with E-state index in [2.05, 4.69) is 26.0 Å². The predicted octanol–water partition coefficient (Wildman–Crippen LogP) is 2.47.